The van der Waals surface area contributed by atoms with Crippen LogP contribution in [-0.4, -0.2) is 29.4 Å². The number of halogens is 1. The third-order valence-electron chi connectivity index (χ3n) is 2.60. The molecule has 1 nitrogen and oxygen atoms in total. The normalized spacial score (nSPS) is 27.3. The summed E-state index contributed by atoms with van der Waals surface area (Å²) in [6.45, 7) is 4.83. The lowest BCUT2D eigenvalue weighted by Crippen LogP contribution is -2.39. The summed E-state index contributed by atoms with van der Waals surface area (Å²) < 4.78 is 0. The predicted molar refractivity (Wildman–Crippen MR) is 53.3 cm³/mol. The van der Waals surface area contributed by atoms with Gasteiger partial charge in [0.2, 0.25) is 0 Å². The van der Waals surface area contributed by atoms with Crippen molar-refractivity contribution in [3.05, 3.63) is 0 Å². The summed E-state index contributed by atoms with van der Waals surface area (Å²) in [4.78, 5) is 2.62. The molecule has 1 unspecified atom stereocenters. The zero-order valence-corrected chi connectivity index (χ0v) is 8.94. The van der Waals surface area contributed by atoms with Gasteiger partial charge in [0, 0.05) is 11.4 Å². The first kappa shape index (κ1) is 9.53. The molecule has 1 saturated heterocycles. The molecule has 0 aromatic heterocycles. The first-order chi connectivity index (χ1) is 5.38. The first-order valence-corrected chi connectivity index (χ1v) is 5.80. The quantitative estimate of drug-likeness (QED) is 0.661. The zero-order chi connectivity index (χ0) is 8.10. The summed E-state index contributed by atoms with van der Waals surface area (Å²) in [5.41, 5.74) is 0. The van der Waals surface area contributed by atoms with E-state index in [1.165, 1.54) is 38.8 Å². The minimum atomic E-state index is 0.869. The van der Waals surface area contributed by atoms with Crippen LogP contribution in [0.4, 0.5) is 0 Å². The molecule has 1 atom stereocenters. The molecule has 66 valence electrons. The molecule has 1 rings (SSSR count). The van der Waals surface area contributed by atoms with Gasteiger partial charge in [0.15, 0.2) is 0 Å². The Bertz CT molecular complexity index is 104. The number of rotatable bonds is 3. The maximum absolute atomic E-state index is 3.51. The van der Waals surface area contributed by atoms with E-state index in [9.17, 15) is 0 Å². The van der Waals surface area contributed by atoms with Crippen LogP contribution < -0.4 is 0 Å². The smallest absolute Gasteiger partial charge is 0.0103 e. The van der Waals surface area contributed by atoms with Gasteiger partial charge >= 0.3 is 0 Å². The van der Waals surface area contributed by atoms with Crippen LogP contribution >= 0.6 is 15.9 Å². The van der Waals surface area contributed by atoms with Gasteiger partial charge in [0.25, 0.3) is 0 Å². The van der Waals surface area contributed by atoms with E-state index < -0.39 is 0 Å². The van der Waals surface area contributed by atoms with Crippen molar-refractivity contribution in [1.29, 1.82) is 0 Å². The molecule has 1 aliphatic heterocycles. The topological polar surface area (TPSA) is 3.24 Å². The minimum Gasteiger partial charge on any atom is -0.301 e. The Hall–Kier alpha value is 0.440. The zero-order valence-electron chi connectivity index (χ0n) is 7.35. The largest absolute Gasteiger partial charge is 0.301 e. The number of hydrogen-bond acceptors (Lipinski definition) is 1. The molecule has 0 aromatic rings. The fourth-order valence-corrected chi connectivity index (χ4v) is 2.46. The summed E-state index contributed by atoms with van der Waals surface area (Å²) in [7, 11) is 0. The Morgan fingerprint density at radius 3 is 2.91 bits per heavy atom. The summed E-state index contributed by atoms with van der Waals surface area (Å²) in [6.07, 6.45) is 5.59. The van der Waals surface area contributed by atoms with Crippen molar-refractivity contribution in [2.24, 2.45) is 0 Å². The van der Waals surface area contributed by atoms with Gasteiger partial charge in [-0.3, -0.25) is 0 Å². The van der Waals surface area contributed by atoms with E-state index in [0.717, 1.165) is 11.4 Å². The highest BCUT2D eigenvalue weighted by Gasteiger charge is 2.19. The lowest BCUT2D eigenvalue weighted by molar-refractivity contribution is 0.153. The van der Waals surface area contributed by atoms with Gasteiger partial charge in [-0.25, -0.2) is 0 Å². The molecular formula is C9H18BrN. The van der Waals surface area contributed by atoms with Crippen molar-refractivity contribution in [3.63, 3.8) is 0 Å². The first-order valence-electron chi connectivity index (χ1n) is 4.68. The Kier molecular flexibility index (Phi) is 4.46. The Morgan fingerprint density at radius 1 is 1.45 bits per heavy atom. The molecule has 11 heavy (non-hydrogen) atoms. The number of piperidine rings is 1. The van der Waals surface area contributed by atoms with E-state index in [-0.39, 0.29) is 0 Å². The van der Waals surface area contributed by atoms with E-state index >= 15 is 0 Å². The highest BCUT2D eigenvalue weighted by molar-refractivity contribution is 9.09. The summed E-state index contributed by atoms with van der Waals surface area (Å²) >= 11 is 3.51. The third-order valence-corrected chi connectivity index (χ3v) is 3.06. The lowest BCUT2D eigenvalue weighted by atomic mass is 10.0. The molecule has 1 aliphatic rings. The van der Waals surface area contributed by atoms with Crippen LogP contribution in [0.1, 0.15) is 32.6 Å². The van der Waals surface area contributed by atoms with E-state index in [4.69, 9.17) is 0 Å². The summed E-state index contributed by atoms with van der Waals surface area (Å²) in [5.74, 6) is 0. The highest BCUT2D eigenvalue weighted by atomic mass is 79.9. The molecule has 0 spiro atoms. The summed E-state index contributed by atoms with van der Waals surface area (Å²) in [6, 6.07) is 0.869. The predicted octanol–water partition coefficient (Wildman–Crippen LogP) is 2.65. The van der Waals surface area contributed by atoms with Gasteiger partial charge in [-0.05, 0) is 32.4 Å². The van der Waals surface area contributed by atoms with Gasteiger partial charge in [0.05, 0.1) is 0 Å². The average molecular weight is 220 g/mol. The van der Waals surface area contributed by atoms with E-state index in [1.807, 2.05) is 0 Å². The fraction of sp³-hybridized carbons (Fsp3) is 1.00. The molecule has 2 heteroatoms. The molecule has 1 fully saturated rings. The van der Waals surface area contributed by atoms with Crippen LogP contribution in [-0.2, 0) is 0 Å². The van der Waals surface area contributed by atoms with Crippen molar-refractivity contribution in [3.8, 4) is 0 Å². The number of alkyl halides is 1. The van der Waals surface area contributed by atoms with Gasteiger partial charge < -0.3 is 4.90 Å². The molecule has 0 N–H and O–H groups in total. The second-order valence-electron chi connectivity index (χ2n) is 3.26. The standard InChI is InChI=1S/C9H18BrN/c1-2-11-8-4-3-5-9(11)6-7-10/h9H,2-8H2,1H3. The monoisotopic (exact) mass is 219 g/mol. The molecule has 0 bridgehead atoms. The minimum absolute atomic E-state index is 0.869. The highest BCUT2D eigenvalue weighted by Crippen LogP contribution is 2.19. The lowest BCUT2D eigenvalue weighted by Gasteiger charge is -2.34. The SMILES string of the molecule is CCN1CCCCC1CCBr. The van der Waals surface area contributed by atoms with Crippen LogP contribution in [0.2, 0.25) is 0 Å². The van der Waals surface area contributed by atoms with Crippen LogP contribution in [0.3, 0.4) is 0 Å². The number of nitrogens with zero attached hydrogens (tertiary/aromatic N) is 1. The van der Waals surface area contributed by atoms with E-state index in [0.29, 0.717) is 0 Å². The van der Waals surface area contributed by atoms with Crippen molar-refractivity contribution >= 4 is 15.9 Å². The van der Waals surface area contributed by atoms with Crippen molar-refractivity contribution < 1.29 is 0 Å². The Balaban J connectivity index is 2.31. The molecule has 0 amide bonds. The third kappa shape index (κ3) is 2.75. The fourth-order valence-electron chi connectivity index (χ4n) is 1.93. The van der Waals surface area contributed by atoms with Crippen molar-refractivity contribution in [2.75, 3.05) is 18.4 Å². The van der Waals surface area contributed by atoms with Crippen LogP contribution in [0.25, 0.3) is 0 Å². The molecule has 0 aromatic carbocycles. The average Bonchev–Trinajstić information content (AvgIpc) is 2.06. The number of hydrogen-bond donors (Lipinski definition) is 0. The summed E-state index contributed by atoms with van der Waals surface area (Å²) in [5, 5.41) is 1.16. The Labute approximate surface area is 78.3 Å². The van der Waals surface area contributed by atoms with Crippen LogP contribution in [0, 0.1) is 0 Å². The molecule has 0 radical (unpaired) electrons. The van der Waals surface area contributed by atoms with Gasteiger partial charge in [-0.15, -0.1) is 0 Å². The maximum atomic E-state index is 3.51. The van der Waals surface area contributed by atoms with Gasteiger partial charge in [-0.2, -0.15) is 0 Å². The van der Waals surface area contributed by atoms with Gasteiger partial charge in [0.1, 0.15) is 0 Å². The van der Waals surface area contributed by atoms with Crippen molar-refractivity contribution in [2.45, 2.75) is 38.6 Å². The van der Waals surface area contributed by atoms with Crippen LogP contribution in [0.5, 0.6) is 0 Å². The number of likely N-dealkylation sites (tertiary alicyclic amines) is 1. The van der Waals surface area contributed by atoms with E-state index in [1.54, 1.807) is 0 Å². The maximum Gasteiger partial charge on any atom is 0.0103 e. The van der Waals surface area contributed by atoms with Crippen molar-refractivity contribution in [1.82, 2.24) is 4.90 Å². The molecular weight excluding hydrogens is 202 g/mol. The molecule has 0 aliphatic carbocycles. The van der Waals surface area contributed by atoms with E-state index in [2.05, 4.69) is 27.8 Å². The second-order valence-corrected chi connectivity index (χ2v) is 4.05. The Morgan fingerprint density at radius 2 is 2.27 bits per heavy atom. The van der Waals surface area contributed by atoms with Crippen LogP contribution in [0.15, 0.2) is 0 Å². The second kappa shape index (κ2) is 5.15. The van der Waals surface area contributed by atoms with Gasteiger partial charge in [-0.1, -0.05) is 29.3 Å². The molecule has 0 saturated carbocycles. The molecule has 1 heterocycles.